The quantitative estimate of drug-likeness (QED) is 0.524. The van der Waals surface area contributed by atoms with Crippen LogP contribution < -0.4 is 5.32 Å². The molecule has 1 amide bonds. The summed E-state index contributed by atoms with van der Waals surface area (Å²) < 4.78 is 13.2. The Labute approximate surface area is 150 Å². The summed E-state index contributed by atoms with van der Waals surface area (Å²) in [4.78, 5) is 26.5. The van der Waals surface area contributed by atoms with E-state index in [1.165, 1.54) is 53.8 Å². The summed E-state index contributed by atoms with van der Waals surface area (Å²) in [5.41, 5.74) is 1.35. The van der Waals surface area contributed by atoms with Crippen molar-refractivity contribution in [2.24, 2.45) is 0 Å². The monoisotopic (exact) mass is 377 g/mol. The topological polar surface area (TPSA) is 85.1 Å². The molecule has 2 aromatic carbocycles. The Morgan fingerprint density at radius 2 is 1.96 bits per heavy atom. The van der Waals surface area contributed by atoms with Gasteiger partial charge in [0.25, 0.3) is 11.6 Å². The molecule has 0 saturated heterocycles. The molecule has 0 atom stereocenters. The number of nitrogens with zero attached hydrogens (tertiary/aromatic N) is 2. The lowest BCUT2D eigenvalue weighted by Crippen LogP contribution is -2.11. The molecule has 1 aromatic heterocycles. The Hall–Kier alpha value is -2.84. The van der Waals surface area contributed by atoms with E-state index in [0.717, 1.165) is 0 Å². The lowest BCUT2D eigenvalue weighted by atomic mass is 10.2. The van der Waals surface area contributed by atoms with Crippen molar-refractivity contribution in [2.75, 3.05) is 5.32 Å². The molecular formula is C16H9ClFN3O3S. The van der Waals surface area contributed by atoms with Crippen molar-refractivity contribution in [2.45, 2.75) is 0 Å². The molecule has 25 heavy (non-hydrogen) atoms. The first-order chi connectivity index (χ1) is 11.9. The van der Waals surface area contributed by atoms with Crippen LogP contribution in [0.25, 0.3) is 11.3 Å². The first kappa shape index (κ1) is 17.0. The molecule has 0 unspecified atom stereocenters. The van der Waals surface area contributed by atoms with Crippen molar-refractivity contribution in [3.8, 4) is 11.3 Å². The fourth-order valence-electron chi connectivity index (χ4n) is 2.02. The molecule has 1 heterocycles. The Bertz CT molecular complexity index is 960. The van der Waals surface area contributed by atoms with Gasteiger partial charge in [0.15, 0.2) is 5.13 Å². The highest BCUT2D eigenvalue weighted by Gasteiger charge is 2.12. The molecule has 9 heteroatoms. The third kappa shape index (κ3) is 3.81. The van der Waals surface area contributed by atoms with Crippen LogP contribution in [0.3, 0.4) is 0 Å². The van der Waals surface area contributed by atoms with Crippen LogP contribution in [0.15, 0.2) is 47.8 Å². The van der Waals surface area contributed by atoms with Crippen molar-refractivity contribution in [1.82, 2.24) is 4.98 Å². The Morgan fingerprint density at radius 3 is 2.60 bits per heavy atom. The number of rotatable bonds is 4. The van der Waals surface area contributed by atoms with Gasteiger partial charge in [-0.1, -0.05) is 11.6 Å². The number of non-ortho nitro benzene ring substituents is 1. The molecule has 3 aromatic rings. The van der Waals surface area contributed by atoms with E-state index in [4.69, 9.17) is 11.6 Å². The van der Waals surface area contributed by atoms with Gasteiger partial charge in [-0.2, -0.15) is 0 Å². The zero-order chi connectivity index (χ0) is 18.0. The summed E-state index contributed by atoms with van der Waals surface area (Å²) in [5.74, 6) is -0.958. The number of hydrogen-bond acceptors (Lipinski definition) is 5. The summed E-state index contributed by atoms with van der Waals surface area (Å²) in [6.45, 7) is 0. The number of thiazole rings is 1. The summed E-state index contributed by atoms with van der Waals surface area (Å²) in [6, 6.07) is 9.47. The number of benzene rings is 2. The van der Waals surface area contributed by atoms with Gasteiger partial charge in [-0.15, -0.1) is 11.3 Å². The number of amides is 1. The van der Waals surface area contributed by atoms with Gasteiger partial charge in [0.1, 0.15) is 5.82 Å². The molecular weight excluding hydrogens is 369 g/mol. The highest BCUT2D eigenvalue weighted by Crippen LogP contribution is 2.28. The van der Waals surface area contributed by atoms with Crippen LogP contribution in [0.2, 0.25) is 5.02 Å². The van der Waals surface area contributed by atoms with E-state index in [-0.39, 0.29) is 16.3 Å². The van der Waals surface area contributed by atoms with Crippen LogP contribution in [0.5, 0.6) is 0 Å². The van der Waals surface area contributed by atoms with Crippen molar-refractivity contribution < 1.29 is 14.1 Å². The maximum atomic E-state index is 13.2. The molecule has 0 aliphatic rings. The Kier molecular flexibility index (Phi) is 4.73. The van der Waals surface area contributed by atoms with E-state index in [2.05, 4.69) is 10.3 Å². The lowest BCUT2D eigenvalue weighted by Gasteiger charge is -2.02. The Morgan fingerprint density at radius 1 is 1.24 bits per heavy atom. The normalized spacial score (nSPS) is 10.5. The van der Waals surface area contributed by atoms with Crippen molar-refractivity contribution in [3.05, 3.63) is 74.4 Å². The van der Waals surface area contributed by atoms with Crippen LogP contribution >= 0.6 is 22.9 Å². The predicted molar refractivity (Wildman–Crippen MR) is 93.6 cm³/mol. The molecule has 0 saturated carbocycles. The van der Waals surface area contributed by atoms with Crippen LogP contribution in [-0.2, 0) is 0 Å². The third-order valence-corrected chi connectivity index (χ3v) is 4.33. The molecule has 1 N–H and O–H groups in total. The van der Waals surface area contributed by atoms with Gasteiger partial charge in [-0.25, -0.2) is 9.37 Å². The van der Waals surface area contributed by atoms with Gasteiger partial charge in [-0.3, -0.25) is 20.2 Å². The van der Waals surface area contributed by atoms with Crippen molar-refractivity contribution >= 4 is 39.7 Å². The maximum Gasteiger partial charge on any atom is 0.269 e. The molecule has 0 bridgehead atoms. The molecule has 0 aliphatic heterocycles. The Balaban J connectivity index is 1.75. The smallest absolute Gasteiger partial charge is 0.269 e. The number of nitrogens with one attached hydrogen (secondary N) is 1. The summed E-state index contributed by atoms with van der Waals surface area (Å²) in [7, 11) is 0. The predicted octanol–water partition coefficient (Wildman–Crippen LogP) is 4.76. The molecule has 0 radical (unpaired) electrons. The summed E-state index contributed by atoms with van der Waals surface area (Å²) in [5, 5.41) is 15.3. The minimum absolute atomic E-state index is 0.0121. The van der Waals surface area contributed by atoms with E-state index in [9.17, 15) is 19.3 Å². The largest absolute Gasteiger partial charge is 0.298 e. The van der Waals surface area contributed by atoms with Gasteiger partial charge in [0, 0.05) is 28.6 Å². The first-order valence-corrected chi connectivity index (χ1v) is 8.16. The summed E-state index contributed by atoms with van der Waals surface area (Å²) in [6.07, 6.45) is 0. The van der Waals surface area contributed by atoms with Crippen molar-refractivity contribution in [1.29, 1.82) is 0 Å². The van der Waals surface area contributed by atoms with E-state index in [1.54, 1.807) is 5.38 Å². The van der Waals surface area contributed by atoms with Gasteiger partial charge in [0.05, 0.1) is 15.6 Å². The van der Waals surface area contributed by atoms with Gasteiger partial charge < -0.3 is 0 Å². The number of nitro benzene ring substituents is 1. The highest BCUT2D eigenvalue weighted by molar-refractivity contribution is 7.14. The fourth-order valence-corrected chi connectivity index (χ4v) is 2.92. The zero-order valence-corrected chi connectivity index (χ0v) is 14.0. The number of aromatic nitrogens is 1. The summed E-state index contributed by atoms with van der Waals surface area (Å²) >= 11 is 6.95. The number of hydrogen-bond donors (Lipinski definition) is 1. The minimum Gasteiger partial charge on any atom is -0.298 e. The number of halogens is 2. The van der Waals surface area contributed by atoms with E-state index < -0.39 is 16.6 Å². The van der Waals surface area contributed by atoms with Crippen molar-refractivity contribution in [3.63, 3.8) is 0 Å². The van der Waals surface area contributed by atoms with Gasteiger partial charge in [0.2, 0.25) is 0 Å². The average Bonchev–Trinajstić information content (AvgIpc) is 3.06. The first-order valence-electron chi connectivity index (χ1n) is 6.91. The van der Waals surface area contributed by atoms with E-state index in [1.807, 2.05) is 0 Å². The lowest BCUT2D eigenvalue weighted by molar-refractivity contribution is -0.384. The molecule has 0 fully saturated rings. The standard InChI is InChI=1S/C16H9ClFN3O3S/c17-12-7-10(3-6-13(12)18)14-8-25-16(19-14)20-15(22)9-1-4-11(5-2-9)21(23)24/h1-8H,(H,19,20,22). The molecule has 6 nitrogen and oxygen atoms in total. The second-order valence-corrected chi connectivity index (χ2v) is 6.19. The van der Waals surface area contributed by atoms with E-state index >= 15 is 0 Å². The van der Waals surface area contributed by atoms with Crippen LogP contribution in [0.4, 0.5) is 15.2 Å². The fraction of sp³-hybridized carbons (Fsp3) is 0. The third-order valence-electron chi connectivity index (χ3n) is 3.28. The number of nitro groups is 1. The molecule has 0 spiro atoms. The van der Waals surface area contributed by atoms with Gasteiger partial charge >= 0.3 is 0 Å². The van der Waals surface area contributed by atoms with Crippen LogP contribution in [-0.4, -0.2) is 15.8 Å². The van der Waals surface area contributed by atoms with Gasteiger partial charge in [-0.05, 0) is 30.3 Å². The molecule has 0 aliphatic carbocycles. The zero-order valence-electron chi connectivity index (χ0n) is 12.4. The molecule has 3 rings (SSSR count). The second-order valence-electron chi connectivity index (χ2n) is 4.92. The molecule has 126 valence electrons. The SMILES string of the molecule is O=C(Nc1nc(-c2ccc(F)c(Cl)c2)cs1)c1ccc([N+](=O)[O-])cc1. The maximum absolute atomic E-state index is 13.2. The number of carbonyl (C=O) groups excluding carboxylic acids is 1. The van der Waals surface area contributed by atoms with Crippen LogP contribution in [0.1, 0.15) is 10.4 Å². The average molecular weight is 378 g/mol. The highest BCUT2D eigenvalue weighted by atomic mass is 35.5. The number of carbonyl (C=O) groups is 1. The van der Waals surface area contributed by atoms with E-state index in [0.29, 0.717) is 16.4 Å². The number of anilines is 1. The second kappa shape index (κ2) is 6.96. The van der Waals surface area contributed by atoms with Crippen LogP contribution in [0, 0.1) is 15.9 Å². The minimum atomic E-state index is -0.539.